The first kappa shape index (κ1) is 19.6. The third-order valence-corrected chi connectivity index (χ3v) is 5.65. The molecule has 1 aromatic heterocycles. The van der Waals surface area contributed by atoms with E-state index in [-0.39, 0.29) is 23.8 Å². The van der Waals surface area contributed by atoms with E-state index in [0.29, 0.717) is 56.5 Å². The van der Waals surface area contributed by atoms with E-state index in [1.807, 2.05) is 23.1 Å². The number of hydrogen-bond acceptors (Lipinski definition) is 6. The van der Waals surface area contributed by atoms with Crippen molar-refractivity contribution in [2.75, 3.05) is 32.8 Å². The Kier molecular flexibility index (Phi) is 5.89. The van der Waals surface area contributed by atoms with Crippen LogP contribution in [0.3, 0.4) is 0 Å². The zero-order valence-electron chi connectivity index (χ0n) is 16.6. The highest BCUT2D eigenvalue weighted by atomic mass is 16.5. The largest absolute Gasteiger partial charge is 0.381 e. The van der Waals surface area contributed by atoms with Crippen molar-refractivity contribution in [3.8, 4) is 0 Å². The molecule has 8 heteroatoms. The molecule has 2 saturated heterocycles. The van der Waals surface area contributed by atoms with Gasteiger partial charge in [-0.3, -0.25) is 9.59 Å². The van der Waals surface area contributed by atoms with Crippen LogP contribution in [-0.2, 0) is 9.53 Å². The van der Waals surface area contributed by atoms with Crippen LogP contribution in [0.1, 0.15) is 47.4 Å². The second kappa shape index (κ2) is 8.73. The Morgan fingerprint density at radius 2 is 1.79 bits per heavy atom. The maximum atomic E-state index is 13.2. The van der Waals surface area contributed by atoms with Crippen molar-refractivity contribution in [2.45, 2.75) is 32.2 Å². The normalized spacial score (nSPS) is 21.1. The summed E-state index contributed by atoms with van der Waals surface area (Å²) in [6.45, 7) is 4.50. The lowest BCUT2D eigenvalue weighted by molar-refractivity contribution is -0.138. The lowest BCUT2D eigenvalue weighted by atomic mass is 9.98. The highest BCUT2D eigenvalue weighted by Gasteiger charge is 2.35. The van der Waals surface area contributed by atoms with Crippen molar-refractivity contribution in [3.05, 3.63) is 47.6 Å². The molecular weight excluding hydrogens is 372 g/mol. The molecule has 0 saturated carbocycles. The molecule has 0 N–H and O–H groups in total. The zero-order valence-corrected chi connectivity index (χ0v) is 16.6. The lowest BCUT2D eigenvalue weighted by Gasteiger charge is -2.28. The molecule has 1 aromatic carbocycles. The van der Waals surface area contributed by atoms with E-state index in [2.05, 4.69) is 10.1 Å². The van der Waals surface area contributed by atoms with Gasteiger partial charge in [-0.1, -0.05) is 23.4 Å². The van der Waals surface area contributed by atoms with E-state index in [4.69, 9.17) is 9.26 Å². The van der Waals surface area contributed by atoms with E-state index in [0.717, 1.165) is 12.8 Å². The number of aromatic nitrogens is 2. The number of benzene rings is 1. The zero-order chi connectivity index (χ0) is 20.2. The average molecular weight is 398 g/mol. The minimum absolute atomic E-state index is 0.00391. The summed E-state index contributed by atoms with van der Waals surface area (Å²) < 4.78 is 10.8. The molecule has 2 aliphatic heterocycles. The van der Waals surface area contributed by atoms with E-state index < -0.39 is 0 Å². The summed E-state index contributed by atoms with van der Waals surface area (Å²) in [6.07, 6.45) is 2.08. The Hall–Kier alpha value is -2.74. The smallest absolute Gasteiger partial charge is 0.254 e. The number of carbonyl (C=O) groups is 2. The van der Waals surface area contributed by atoms with Crippen LogP contribution in [0.5, 0.6) is 0 Å². The van der Waals surface area contributed by atoms with Gasteiger partial charge in [0.2, 0.25) is 11.8 Å². The molecule has 8 nitrogen and oxygen atoms in total. The third-order valence-electron chi connectivity index (χ3n) is 5.65. The fraction of sp³-hybridized carbons (Fsp3) is 0.524. The first-order valence-corrected chi connectivity index (χ1v) is 10.2. The number of carbonyl (C=O) groups excluding carboxylic acids is 2. The monoisotopic (exact) mass is 398 g/mol. The van der Waals surface area contributed by atoms with Crippen molar-refractivity contribution in [1.82, 2.24) is 19.9 Å². The predicted molar refractivity (Wildman–Crippen MR) is 104 cm³/mol. The summed E-state index contributed by atoms with van der Waals surface area (Å²) in [7, 11) is 0. The van der Waals surface area contributed by atoms with Crippen molar-refractivity contribution < 1.29 is 18.8 Å². The number of rotatable bonds is 3. The van der Waals surface area contributed by atoms with Gasteiger partial charge in [0.1, 0.15) is 6.04 Å². The van der Waals surface area contributed by atoms with E-state index in [9.17, 15) is 9.59 Å². The van der Waals surface area contributed by atoms with Gasteiger partial charge in [0.15, 0.2) is 5.82 Å². The summed E-state index contributed by atoms with van der Waals surface area (Å²) in [5.74, 6) is 1.03. The van der Waals surface area contributed by atoms with Crippen molar-refractivity contribution in [1.29, 1.82) is 0 Å². The minimum atomic E-state index is -0.351. The predicted octanol–water partition coefficient (Wildman–Crippen LogP) is 2.22. The number of aryl methyl sites for hydroxylation is 1. The van der Waals surface area contributed by atoms with Crippen LogP contribution in [0.4, 0.5) is 0 Å². The fourth-order valence-electron chi connectivity index (χ4n) is 4.05. The first-order valence-electron chi connectivity index (χ1n) is 10.2. The van der Waals surface area contributed by atoms with Crippen LogP contribution in [-0.4, -0.2) is 64.6 Å². The molecule has 154 valence electrons. The van der Waals surface area contributed by atoms with Gasteiger partial charge in [0.25, 0.3) is 5.91 Å². The van der Waals surface area contributed by atoms with Gasteiger partial charge < -0.3 is 19.1 Å². The molecule has 0 aliphatic carbocycles. The standard InChI is InChI=1S/C21H26N4O4/c1-15-22-19(29-23-15)18-7-10-24(20(26)17-8-13-28-14-9-17)11-12-25(18)21(27)16-5-3-2-4-6-16/h2-6,17-18H,7-14H2,1H3. The molecule has 1 unspecified atom stereocenters. The Morgan fingerprint density at radius 3 is 2.48 bits per heavy atom. The topological polar surface area (TPSA) is 88.8 Å². The second-order valence-electron chi connectivity index (χ2n) is 7.56. The van der Waals surface area contributed by atoms with E-state index in [1.165, 1.54) is 0 Å². The summed E-state index contributed by atoms with van der Waals surface area (Å²) in [4.78, 5) is 34.3. The van der Waals surface area contributed by atoms with Gasteiger partial charge in [0.05, 0.1) is 0 Å². The molecule has 2 aromatic rings. The Bertz CT molecular complexity index is 847. The van der Waals surface area contributed by atoms with Crippen LogP contribution >= 0.6 is 0 Å². The van der Waals surface area contributed by atoms with E-state index >= 15 is 0 Å². The van der Waals surface area contributed by atoms with Crippen LogP contribution in [0, 0.1) is 12.8 Å². The molecule has 0 bridgehead atoms. The molecule has 2 fully saturated rings. The maximum absolute atomic E-state index is 13.2. The van der Waals surface area contributed by atoms with Gasteiger partial charge in [-0.25, -0.2) is 0 Å². The fourth-order valence-corrected chi connectivity index (χ4v) is 4.05. The van der Waals surface area contributed by atoms with Crippen LogP contribution in [0.15, 0.2) is 34.9 Å². The Morgan fingerprint density at radius 1 is 1.03 bits per heavy atom. The van der Waals surface area contributed by atoms with Crippen LogP contribution in [0.25, 0.3) is 0 Å². The summed E-state index contributed by atoms with van der Waals surface area (Å²) in [5, 5.41) is 3.90. The molecule has 29 heavy (non-hydrogen) atoms. The SMILES string of the molecule is Cc1noc(C2CCN(C(=O)C3CCOCC3)CCN2C(=O)c2ccccc2)n1. The molecule has 0 radical (unpaired) electrons. The van der Waals surface area contributed by atoms with Crippen LogP contribution in [0.2, 0.25) is 0 Å². The third kappa shape index (κ3) is 4.32. The summed E-state index contributed by atoms with van der Waals surface area (Å²) in [6, 6.07) is 8.82. The highest BCUT2D eigenvalue weighted by Crippen LogP contribution is 2.29. The Labute approximate surface area is 169 Å². The molecule has 2 amide bonds. The van der Waals surface area contributed by atoms with Gasteiger partial charge in [-0.05, 0) is 38.3 Å². The van der Waals surface area contributed by atoms with Crippen molar-refractivity contribution in [2.24, 2.45) is 5.92 Å². The number of hydrogen-bond donors (Lipinski definition) is 0. The molecule has 2 aliphatic rings. The number of nitrogens with zero attached hydrogens (tertiary/aromatic N) is 4. The number of ether oxygens (including phenoxy) is 1. The van der Waals surface area contributed by atoms with Gasteiger partial charge in [-0.2, -0.15) is 4.98 Å². The summed E-state index contributed by atoms with van der Waals surface area (Å²) >= 11 is 0. The molecule has 3 heterocycles. The molecular formula is C21H26N4O4. The first-order chi connectivity index (χ1) is 14.1. The summed E-state index contributed by atoms with van der Waals surface area (Å²) in [5.41, 5.74) is 0.609. The lowest BCUT2D eigenvalue weighted by Crippen LogP contribution is -2.41. The number of amides is 2. The second-order valence-corrected chi connectivity index (χ2v) is 7.56. The van der Waals surface area contributed by atoms with Crippen molar-refractivity contribution in [3.63, 3.8) is 0 Å². The molecule has 4 rings (SSSR count). The molecule has 0 spiro atoms. The van der Waals surface area contributed by atoms with Gasteiger partial charge in [-0.15, -0.1) is 0 Å². The Balaban J connectivity index is 1.56. The average Bonchev–Trinajstić information content (AvgIpc) is 3.07. The van der Waals surface area contributed by atoms with Gasteiger partial charge >= 0.3 is 0 Å². The van der Waals surface area contributed by atoms with Crippen molar-refractivity contribution >= 4 is 11.8 Å². The maximum Gasteiger partial charge on any atom is 0.254 e. The highest BCUT2D eigenvalue weighted by molar-refractivity contribution is 5.94. The minimum Gasteiger partial charge on any atom is -0.381 e. The van der Waals surface area contributed by atoms with Crippen LogP contribution < -0.4 is 0 Å². The van der Waals surface area contributed by atoms with E-state index in [1.54, 1.807) is 24.0 Å². The quantitative estimate of drug-likeness (QED) is 0.788. The van der Waals surface area contributed by atoms with Gasteiger partial charge in [0, 0.05) is 44.3 Å². The molecule has 1 atom stereocenters.